The highest BCUT2D eigenvalue weighted by atomic mass is 19.4. The molecule has 0 saturated carbocycles. The number of nitrogens with zero attached hydrogens (tertiary/aromatic N) is 1. The molecule has 0 radical (unpaired) electrons. The van der Waals surface area contributed by atoms with Gasteiger partial charge in [-0.3, -0.25) is 0 Å². The molecule has 0 bridgehead atoms. The Bertz CT molecular complexity index is 134. The van der Waals surface area contributed by atoms with Crippen molar-refractivity contribution in [2.45, 2.75) is 12.2 Å². The van der Waals surface area contributed by atoms with Crippen molar-refractivity contribution >= 4 is 0 Å². The van der Waals surface area contributed by atoms with Crippen molar-refractivity contribution < 1.29 is 13.2 Å². The summed E-state index contributed by atoms with van der Waals surface area (Å²) >= 11 is 0. The standard InChI is InChI=1S/C6H11F3N2/c1-11-3-2-10-5(4-11)6(7,8)9/h5,10H,2-4H2,1H3. The van der Waals surface area contributed by atoms with Crippen LogP contribution in [0.25, 0.3) is 0 Å². The maximum Gasteiger partial charge on any atom is 0.405 e. The van der Waals surface area contributed by atoms with E-state index in [-0.39, 0.29) is 6.54 Å². The second-order valence-electron chi connectivity index (χ2n) is 2.81. The zero-order valence-corrected chi connectivity index (χ0v) is 6.28. The monoisotopic (exact) mass is 168 g/mol. The van der Waals surface area contributed by atoms with E-state index in [0.29, 0.717) is 13.1 Å². The van der Waals surface area contributed by atoms with Gasteiger partial charge in [-0.15, -0.1) is 0 Å². The third kappa shape index (κ3) is 2.34. The van der Waals surface area contributed by atoms with Gasteiger partial charge in [-0.1, -0.05) is 0 Å². The van der Waals surface area contributed by atoms with Crippen molar-refractivity contribution in [3.05, 3.63) is 0 Å². The summed E-state index contributed by atoms with van der Waals surface area (Å²) in [6.45, 7) is 1.16. The van der Waals surface area contributed by atoms with Crippen LogP contribution in [0.15, 0.2) is 0 Å². The topological polar surface area (TPSA) is 15.3 Å². The van der Waals surface area contributed by atoms with E-state index < -0.39 is 12.2 Å². The van der Waals surface area contributed by atoms with Gasteiger partial charge in [-0.25, -0.2) is 0 Å². The SMILES string of the molecule is CN1CCNC(C(F)(F)F)C1. The van der Waals surface area contributed by atoms with Crippen LogP contribution in [0.4, 0.5) is 13.2 Å². The summed E-state index contributed by atoms with van der Waals surface area (Å²) in [7, 11) is 1.69. The first-order valence-electron chi connectivity index (χ1n) is 3.49. The van der Waals surface area contributed by atoms with E-state index in [2.05, 4.69) is 5.32 Å². The Morgan fingerprint density at radius 2 is 2.09 bits per heavy atom. The predicted octanol–water partition coefficient (Wildman–Crippen LogP) is 0.452. The summed E-state index contributed by atoms with van der Waals surface area (Å²) in [5.41, 5.74) is 0. The summed E-state index contributed by atoms with van der Waals surface area (Å²) in [6.07, 6.45) is -4.10. The van der Waals surface area contributed by atoms with Crippen LogP contribution >= 0.6 is 0 Å². The fourth-order valence-electron chi connectivity index (χ4n) is 1.12. The molecule has 0 aromatic heterocycles. The second kappa shape index (κ2) is 2.98. The second-order valence-corrected chi connectivity index (χ2v) is 2.81. The molecule has 1 unspecified atom stereocenters. The number of alkyl halides is 3. The molecule has 1 atom stereocenters. The largest absolute Gasteiger partial charge is 0.405 e. The van der Waals surface area contributed by atoms with Crippen LogP contribution in [0.3, 0.4) is 0 Å². The highest BCUT2D eigenvalue weighted by Crippen LogP contribution is 2.21. The number of nitrogens with one attached hydrogen (secondary N) is 1. The lowest BCUT2D eigenvalue weighted by atomic mass is 10.2. The van der Waals surface area contributed by atoms with Gasteiger partial charge < -0.3 is 10.2 Å². The summed E-state index contributed by atoms with van der Waals surface area (Å²) in [5, 5.41) is 2.42. The molecule has 1 N–H and O–H groups in total. The van der Waals surface area contributed by atoms with Crippen LogP contribution < -0.4 is 5.32 Å². The average Bonchev–Trinajstić information content (AvgIpc) is 1.86. The highest BCUT2D eigenvalue weighted by molar-refractivity contribution is 4.82. The number of piperazine rings is 1. The van der Waals surface area contributed by atoms with E-state index in [9.17, 15) is 13.2 Å². The molecule has 0 amide bonds. The van der Waals surface area contributed by atoms with Crippen LogP contribution in [0, 0.1) is 0 Å². The van der Waals surface area contributed by atoms with Crippen molar-refractivity contribution in [3.8, 4) is 0 Å². The number of rotatable bonds is 0. The quantitative estimate of drug-likeness (QED) is 0.565. The van der Waals surface area contributed by atoms with Crippen LogP contribution in [-0.2, 0) is 0 Å². The number of halogens is 3. The Balaban J connectivity index is 2.46. The fourth-order valence-corrected chi connectivity index (χ4v) is 1.12. The molecule has 0 aromatic carbocycles. The molecule has 0 aromatic rings. The van der Waals surface area contributed by atoms with Crippen molar-refractivity contribution in [1.82, 2.24) is 10.2 Å². The Morgan fingerprint density at radius 1 is 1.45 bits per heavy atom. The molecule has 1 saturated heterocycles. The zero-order chi connectivity index (χ0) is 8.48. The minimum absolute atomic E-state index is 0.0590. The van der Waals surface area contributed by atoms with Gasteiger partial charge in [-0.2, -0.15) is 13.2 Å². The lowest BCUT2D eigenvalue weighted by Crippen LogP contribution is -2.55. The van der Waals surface area contributed by atoms with Gasteiger partial charge in [0.1, 0.15) is 6.04 Å². The molecule has 66 valence electrons. The first-order chi connectivity index (χ1) is 5.00. The van der Waals surface area contributed by atoms with Gasteiger partial charge in [-0.05, 0) is 7.05 Å². The summed E-state index contributed by atoms with van der Waals surface area (Å²) in [5.74, 6) is 0. The molecule has 0 aliphatic carbocycles. The number of hydrogen-bond donors (Lipinski definition) is 1. The molecule has 11 heavy (non-hydrogen) atoms. The van der Waals surface area contributed by atoms with Crippen molar-refractivity contribution in [2.75, 3.05) is 26.7 Å². The molecule has 1 rings (SSSR count). The lowest BCUT2D eigenvalue weighted by molar-refractivity contribution is -0.163. The van der Waals surface area contributed by atoms with Crippen LogP contribution in [0.1, 0.15) is 0 Å². The molecule has 1 fully saturated rings. The Kier molecular flexibility index (Phi) is 2.39. The van der Waals surface area contributed by atoms with Crippen molar-refractivity contribution in [2.24, 2.45) is 0 Å². The molecule has 1 aliphatic heterocycles. The van der Waals surface area contributed by atoms with Gasteiger partial charge in [0.15, 0.2) is 0 Å². The molecule has 0 spiro atoms. The number of hydrogen-bond acceptors (Lipinski definition) is 2. The van der Waals surface area contributed by atoms with E-state index in [4.69, 9.17) is 0 Å². The van der Waals surface area contributed by atoms with Gasteiger partial charge in [0.05, 0.1) is 0 Å². The smallest absolute Gasteiger partial charge is 0.304 e. The maximum absolute atomic E-state index is 12.0. The summed E-state index contributed by atoms with van der Waals surface area (Å²) < 4.78 is 36.1. The van der Waals surface area contributed by atoms with Crippen LogP contribution in [0.5, 0.6) is 0 Å². The van der Waals surface area contributed by atoms with Crippen molar-refractivity contribution in [1.29, 1.82) is 0 Å². The van der Waals surface area contributed by atoms with Gasteiger partial charge in [0.25, 0.3) is 0 Å². The molecular formula is C6H11F3N2. The Morgan fingerprint density at radius 3 is 2.45 bits per heavy atom. The lowest BCUT2D eigenvalue weighted by Gasteiger charge is -2.31. The van der Waals surface area contributed by atoms with Gasteiger partial charge in [0, 0.05) is 19.6 Å². The number of likely N-dealkylation sites (N-methyl/N-ethyl adjacent to an activating group) is 1. The third-order valence-electron chi connectivity index (χ3n) is 1.77. The first kappa shape index (κ1) is 8.80. The minimum Gasteiger partial charge on any atom is -0.304 e. The summed E-state index contributed by atoms with van der Waals surface area (Å²) in [4.78, 5) is 1.68. The van der Waals surface area contributed by atoms with Gasteiger partial charge >= 0.3 is 6.18 Å². The van der Waals surface area contributed by atoms with E-state index in [1.54, 1.807) is 11.9 Å². The first-order valence-corrected chi connectivity index (χ1v) is 3.49. The predicted molar refractivity (Wildman–Crippen MR) is 35.3 cm³/mol. The fraction of sp³-hybridized carbons (Fsp3) is 1.00. The van der Waals surface area contributed by atoms with Crippen LogP contribution in [-0.4, -0.2) is 43.8 Å². The van der Waals surface area contributed by atoms with E-state index in [1.807, 2.05) is 0 Å². The molecule has 5 heteroatoms. The third-order valence-corrected chi connectivity index (χ3v) is 1.77. The highest BCUT2D eigenvalue weighted by Gasteiger charge is 2.41. The van der Waals surface area contributed by atoms with E-state index in [1.165, 1.54) is 0 Å². The average molecular weight is 168 g/mol. The molecule has 1 heterocycles. The Hall–Kier alpha value is -0.290. The zero-order valence-electron chi connectivity index (χ0n) is 6.28. The minimum atomic E-state index is -4.10. The van der Waals surface area contributed by atoms with E-state index in [0.717, 1.165) is 0 Å². The normalized spacial score (nSPS) is 28.9. The summed E-state index contributed by atoms with van der Waals surface area (Å²) in [6, 6.07) is -1.35. The van der Waals surface area contributed by atoms with Crippen molar-refractivity contribution in [3.63, 3.8) is 0 Å². The molecule has 1 aliphatic rings. The Labute approximate surface area is 63.4 Å². The maximum atomic E-state index is 12.0. The van der Waals surface area contributed by atoms with Gasteiger partial charge in [0.2, 0.25) is 0 Å². The van der Waals surface area contributed by atoms with E-state index >= 15 is 0 Å². The van der Waals surface area contributed by atoms with Crippen LogP contribution in [0.2, 0.25) is 0 Å². The molecular weight excluding hydrogens is 157 g/mol. The molecule has 2 nitrogen and oxygen atoms in total.